The maximum atomic E-state index is 12.7. The fourth-order valence-electron chi connectivity index (χ4n) is 3.53. The number of nitrogens with zero attached hydrogens (tertiary/aromatic N) is 2. The molecule has 1 aliphatic carbocycles. The monoisotopic (exact) mass is 368 g/mol. The van der Waals surface area contributed by atoms with E-state index in [0.29, 0.717) is 12.5 Å². The first-order valence-corrected chi connectivity index (χ1v) is 9.82. The van der Waals surface area contributed by atoms with Crippen molar-refractivity contribution in [2.45, 2.75) is 18.8 Å². The number of hydrogen-bond donors (Lipinski definition) is 2. The molecular formula is C21H28N4O2. The van der Waals surface area contributed by atoms with Crippen LogP contribution >= 0.6 is 0 Å². The van der Waals surface area contributed by atoms with Crippen molar-refractivity contribution in [2.75, 3.05) is 51.7 Å². The van der Waals surface area contributed by atoms with Gasteiger partial charge in [-0.05, 0) is 44.0 Å². The van der Waals surface area contributed by atoms with Crippen molar-refractivity contribution in [3.05, 3.63) is 47.8 Å². The van der Waals surface area contributed by atoms with Gasteiger partial charge in [-0.25, -0.2) is 0 Å². The summed E-state index contributed by atoms with van der Waals surface area (Å²) in [6, 6.07) is 9.53. The lowest BCUT2D eigenvalue weighted by molar-refractivity contribution is 0.102. The Morgan fingerprint density at radius 3 is 2.74 bits per heavy atom. The highest BCUT2D eigenvalue weighted by atomic mass is 16.5. The van der Waals surface area contributed by atoms with Crippen LogP contribution in [0.15, 0.2) is 36.5 Å². The molecule has 1 saturated carbocycles. The first-order valence-electron chi connectivity index (χ1n) is 9.82. The van der Waals surface area contributed by atoms with Crippen molar-refractivity contribution in [2.24, 2.45) is 0 Å². The summed E-state index contributed by atoms with van der Waals surface area (Å²) in [5.74, 6) is 1.16. The molecule has 2 heterocycles. The van der Waals surface area contributed by atoms with Crippen LogP contribution in [-0.4, -0.2) is 67.1 Å². The van der Waals surface area contributed by atoms with E-state index in [4.69, 9.17) is 4.74 Å². The van der Waals surface area contributed by atoms with Crippen LogP contribution in [0.5, 0.6) is 5.75 Å². The van der Waals surface area contributed by atoms with E-state index in [9.17, 15) is 4.79 Å². The number of para-hydroxylation sites is 2. The average Bonchev–Trinajstić information content (AvgIpc) is 3.41. The first-order chi connectivity index (χ1) is 13.2. The van der Waals surface area contributed by atoms with E-state index in [2.05, 4.69) is 27.1 Å². The third kappa shape index (κ3) is 4.51. The van der Waals surface area contributed by atoms with E-state index < -0.39 is 0 Å². The Morgan fingerprint density at radius 1 is 1.19 bits per heavy atom. The Morgan fingerprint density at radius 2 is 1.96 bits per heavy atom. The highest BCUT2D eigenvalue weighted by molar-refractivity contribution is 6.06. The van der Waals surface area contributed by atoms with Gasteiger partial charge in [-0.2, -0.15) is 0 Å². The number of carbonyl (C=O) groups is 1. The summed E-state index contributed by atoms with van der Waals surface area (Å²) in [4.78, 5) is 20.7. The molecule has 1 aromatic heterocycles. The van der Waals surface area contributed by atoms with E-state index in [1.807, 2.05) is 36.5 Å². The molecule has 0 radical (unpaired) electrons. The van der Waals surface area contributed by atoms with Crippen molar-refractivity contribution in [3.8, 4) is 5.75 Å². The molecule has 1 saturated heterocycles. The van der Waals surface area contributed by atoms with Crippen molar-refractivity contribution >= 4 is 11.6 Å². The van der Waals surface area contributed by atoms with Crippen LogP contribution in [0.25, 0.3) is 0 Å². The average molecular weight is 368 g/mol. The van der Waals surface area contributed by atoms with Crippen molar-refractivity contribution in [1.82, 2.24) is 14.8 Å². The molecule has 144 valence electrons. The minimum absolute atomic E-state index is 0.0757. The maximum Gasteiger partial charge on any atom is 0.257 e. The molecule has 2 N–H and O–H groups in total. The van der Waals surface area contributed by atoms with Gasteiger partial charge in [0.25, 0.3) is 5.91 Å². The number of aromatic amines is 1. The third-order valence-electron chi connectivity index (χ3n) is 5.41. The number of nitrogens with one attached hydrogen (secondary N) is 2. The lowest BCUT2D eigenvalue weighted by Gasteiger charge is -2.32. The molecule has 4 rings (SSSR count). The third-order valence-corrected chi connectivity index (χ3v) is 5.41. The molecule has 27 heavy (non-hydrogen) atoms. The van der Waals surface area contributed by atoms with Crippen LogP contribution in [0.3, 0.4) is 0 Å². The van der Waals surface area contributed by atoms with Crippen LogP contribution in [0.4, 0.5) is 5.69 Å². The number of rotatable bonds is 7. The predicted octanol–water partition coefficient (Wildman–Crippen LogP) is 2.77. The van der Waals surface area contributed by atoms with Gasteiger partial charge in [0.15, 0.2) is 0 Å². The predicted molar refractivity (Wildman–Crippen MR) is 107 cm³/mol. The molecule has 2 aromatic rings. The molecule has 0 unspecified atom stereocenters. The summed E-state index contributed by atoms with van der Waals surface area (Å²) >= 11 is 0. The summed E-state index contributed by atoms with van der Waals surface area (Å²) in [6.07, 6.45) is 4.17. The smallest absolute Gasteiger partial charge is 0.257 e. The van der Waals surface area contributed by atoms with E-state index >= 15 is 0 Å². The number of amides is 1. The molecule has 6 heteroatoms. The van der Waals surface area contributed by atoms with Crippen LogP contribution < -0.4 is 10.1 Å². The number of piperazine rings is 1. The Hall–Kier alpha value is -2.31. The van der Waals surface area contributed by atoms with Gasteiger partial charge in [0.2, 0.25) is 0 Å². The van der Waals surface area contributed by atoms with Gasteiger partial charge < -0.3 is 19.9 Å². The summed E-state index contributed by atoms with van der Waals surface area (Å²) in [6.45, 7) is 5.89. The molecule has 1 amide bonds. The molecule has 2 fully saturated rings. The van der Waals surface area contributed by atoms with Gasteiger partial charge >= 0.3 is 0 Å². The Balaban J connectivity index is 1.35. The highest BCUT2D eigenvalue weighted by Gasteiger charge is 2.29. The largest absolute Gasteiger partial charge is 0.490 e. The van der Waals surface area contributed by atoms with Crippen molar-refractivity contribution in [1.29, 1.82) is 0 Å². The minimum Gasteiger partial charge on any atom is -0.490 e. The fourth-order valence-corrected chi connectivity index (χ4v) is 3.53. The summed E-state index contributed by atoms with van der Waals surface area (Å²) in [7, 11) is 2.16. The second-order valence-corrected chi connectivity index (χ2v) is 7.52. The van der Waals surface area contributed by atoms with Crippen molar-refractivity contribution < 1.29 is 9.53 Å². The zero-order chi connectivity index (χ0) is 18.6. The lowest BCUT2D eigenvalue weighted by atomic mass is 10.1. The Kier molecular flexibility index (Phi) is 5.45. The van der Waals surface area contributed by atoms with Gasteiger partial charge in [0.1, 0.15) is 12.4 Å². The van der Waals surface area contributed by atoms with E-state index in [1.54, 1.807) is 0 Å². The van der Waals surface area contributed by atoms with Gasteiger partial charge in [0.05, 0.1) is 11.3 Å². The number of benzene rings is 1. The maximum absolute atomic E-state index is 12.7. The van der Waals surface area contributed by atoms with Crippen LogP contribution in [0.1, 0.15) is 34.8 Å². The molecule has 0 bridgehead atoms. The Bertz CT molecular complexity index is 776. The van der Waals surface area contributed by atoms with E-state index in [0.717, 1.165) is 68.3 Å². The summed E-state index contributed by atoms with van der Waals surface area (Å²) in [5.41, 5.74) is 2.52. The van der Waals surface area contributed by atoms with Crippen LogP contribution in [0, 0.1) is 0 Å². The minimum atomic E-state index is -0.0757. The fraction of sp³-hybridized carbons (Fsp3) is 0.476. The van der Waals surface area contributed by atoms with Gasteiger partial charge in [-0.3, -0.25) is 9.69 Å². The summed E-state index contributed by atoms with van der Waals surface area (Å²) in [5, 5.41) is 3.03. The quantitative estimate of drug-likeness (QED) is 0.789. The number of hydrogen-bond acceptors (Lipinski definition) is 4. The normalized spacial score (nSPS) is 18.4. The Labute approximate surface area is 160 Å². The second kappa shape index (κ2) is 8.15. The zero-order valence-corrected chi connectivity index (χ0v) is 15.9. The molecule has 2 aliphatic rings. The lowest BCUT2D eigenvalue weighted by Crippen LogP contribution is -2.45. The summed E-state index contributed by atoms with van der Waals surface area (Å²) < 4.78 is 6.00. The van der Waals surface area contributed by atoms with Crippen LogP contribution in [0.2, 0.25) is 0 Å². The molecule has 0 spiro atoms. The molecule has 0 atom stereocenters. The van der Waals surface area contributed by atoms with Crippen molar-refractivity contribution in [3.63, 3.8) is 0 Å². The first kappa shape index (κ1) is 18.1. The van der Waals surface area contributed by atoms with Gasteiger partial charge in [-0.1, -0.05) is 12.1 Å². The number of aromatic nitrogens is 1. The number of anilines is 1. The molecular weight excluding hydrogens is 340 g/mol. The number of H-pyrrole nitrogens is 1. The van der Waals surface area contributed by atoms with E-state index in [1.165, 1.54) is 0 Å². The number of likely N-dealkylation sites (N-methyl/N-ethyl adjacent to an activating group) is 1. The zero-order valence-electron chi connectivity index (χ0n) is 15.9. The molecule has 1 aromatic carbocycles. The topological polar surface area (TPSA) is 60.6 Å². The molecule has 6 nitrogen and oxygen atoms in total. The highest BCUT2D eigenvalue weighted by Crippen LogP contribution is 2.41. The van der Waals surface area contributed by atoms with E-state index in [-0.39, 0.29) is 5.91 Å². The number of carbonyl (C=O) groups excluding carboxylic acids is 1. The molecule has 1 aliphatic heterocycles. The van der Waals surface area contributed by atoms with Gasteiger partial charge in [0, 0.05) is 44.6 Å². The standard InChI is InChI=1S/C21H28N4O2/c1-24-10-12-25(13-11-24)14-15-27-19-5-3-2-4-18(19)23-21(26)17-8-9-22-20(17)16-6-7-16/h2-5,8-9,16,22H,6-7,10-15H2,1H3,(H,23,26). The SMILES string of the molecule is CN1CCN(CCOc2ccccc2NC(=O)c2cc[nH]c2C2CC2)CC1. The second-order valence-electron chi connectivity index (χ2n) is 7.52. The number of ether oxygens (including phenoxy) is 1. The van der Waals surface area contributed by atoms with Crippen LogP contribution in [-0.2, 0) is 0 Å². The van der Waals surface area contributed by atoms with Gasteiger partial charge in [-0.15, -0.1) is 0 Å².